The Kier molecular flexibility index (Phi) is 6.27. The predicted octanol–water partition coefficient (Wildman–Crippen LogP) is 0.538. The van der Waals surface area contributed by atoms with Gasteiger partial charge in [-0.1, -0.05) is 18.2 Å². The molecule has 0 radical (unpaired) electrons. The van der Waals surface area contributed by atoms with E-state index in [1.54, 1.807) is 31.4 Å². The third-order valence-corrected chi connectivity index (χ3v) is 1.98. The largest absolute Gasteiger partial charge is 0.413 e. The van der Waals surface area contributed by atoms with Crippen molar-refractivity contribution >= 4 is 12.0 Å². The molecule has 1 rings (SSSR count). The number of carbonyl (C=O) groups excluding carboxylic acids is 2. The Morgan fingerprint density at radius 2 is 1.89 bits per heavy atom. The molecule has 18 heavy (non-hydrogen) atoms. The minimum atomic E-state index is -0.664. The fourth-order valence-corrected chi connectivity index (χ4v) is 1.14. The summed E-state index contributed by atoms with van der Waals surface area (Å²) in [6.45, 7) is 0.709. The van der Waals surface area contributed by atoms with Crippen molar-refractivity contribution in [3.8, 4) is 5.75 Å². The average molecular weight is 252 g/mol. The number of para-hydroxylation sites is 1. The van der Waals surface area contributed by atoms with Crippen molar-refractivity contribution in [1.29, 1.82) is 0 Å². The first-order chi connectivity index (χ1) is 8.72. The second kappa shape index (κ2) is 8.08. The molecule has 0 aliphatic heterocycles. The van der Waals surface area contributed by atoms with E-state index in [1.807, 2.05) is 6.07 Å². The molecule has 2 amide bonds. The monoisotopic (exact) mass is 252 g/mol. The first-order valence-electron chi connectivity index (χ1n) is 5.48. The van der Waals surface area contributed by atoms with Crippen molar-refractivity contribution in [3.05, 3.63) is 30.3 Å². The van der Waals surface area contributed by atoms with Gasteiger partial charge < -0.3 is 20.1 Å². The van der Waals surface area contributed by atoms with Gasteiger partial charge in [0.25, 0.3) is 0 Å². The number of benzene rings is 1. The van der Waals surface area contributed by atoms with Crippen LogP contribution in [0, 0.1) is 0 Å². The fourth-order valence-electron chi connectivity index (χ4n) is 1.14. The smallest absolute Gasteiger partial charge is 0.410 e. The summed E-state index contributed by atoms with van der Waals surface area (Å²) < 4.78 is 9.71. The van der Waals surface area contributed by atoms with Gasteiger partial charge >= 0.3 is 6.09 Å². The Bertz CT molecular complexity index is 381. The van der Waals surface area contributed by atoms with Gasteiger partial charge in [0.1, 0.15) is 12.3 Å². The molecule has 0 saturated carbocycles. The predicted molar refractivity (Wildman–Crippen MR) is 65.4 cm³/mol. The summed E-state index contributed by atoms with van der Waals surface area (Å²) in [5.41, 5.74) is 0. The topological polar surface area (TPSA) is 76.7 Å². The Morgan fingerprint density at radius 3 is 2.56 bits per heavy atom. The van der Waals surface area contributed by atoms with Crippen molar-refractivity contribution < 1.29 is 19.1 Å². The summed E-state index contributed by atoms with van der Waals surface area (Å²) in [5, 5.41) is 4.91. The van der Waals surface area contributed by atoms with Crippen LogP contribution in [-0.2, 0) is 9.53 Å². The van der Waals surface area contributed by atoms with Gasteiger partial charge in [-0.05, 0) is 12.1 Å². The molecule has 0 heterocycles. The van der Waals surface area contributed by atoms with Gasteiger partial charge in [-0.2, -0.15) is 0 Å². The lowest BCUT2D eigenvalue weighted by Crippen LogP contribution is -2.39. The molecule has 6 nitrogen and oxygen atoms in total. The molecule has 0 bridgehead atoms. The Balaban J connectivity index is 2.19. The molecule has 1 aromatic rings. The molecule has 0 aliphatic rings. The van der Waals surface area contributed by atoms with Crippen molar-refractivity contribution in [2.75, 3.05) is 26.8 Å². The summed E-state index contributed by atoms with van der Waals surface area (Å²) in [7, 11) is 1.54. The molecule has 6 heteroatoms. The van der Waals surface area contributed by atoms with Gasteiger partial charge in [-0.25, -0.2) is 4.79 Å². The maximum atomic E-state index is 11.3. The number of carbonyl (C=O) groups is 2. The van der Waals surface area contributed by atoms with Gasteiger partial charge in [0.15, 0.2) is 0 Å². The second-order valence-electron chi connectivity index (χ2n) is 3.40. The molecule has 1 aromatic carbocycles. The van der Waals surface area contributed by atoms with Crippen LogP contribution in [0.15, 0.2) is 30.3 Å². The van der Waals surface area contributed by atoms with Gasteiger partial charge in [-0.15, -0.1) is 0 Å². The number of hydrogen-bond donors (Lipinski definition) is 2. The van der Waals surface area contributed by atoms with Crippen LogP contribution in [0.4, 0.5) is 4.79 Å². The average Bonchev–Trinajstić information content (AvgIpc) is 2.38. The quantitative estimate of drug-likeness (QED) is 0.724. The summed E-state index contributed by atoms with van der Waals surface area (Å²) in [4.78, 5) is 22.5. The maximum Gasteiger partial charge on any atom is 0.413 e. The number of rotatable bonds is 6. The number of ether oxygens (including phenoxy) is 2. The van der Waals surface area contributed by atoms with Crippen molar-refractivity contribution in [2.24, 2.45) is 0 Å². The van der Waals surface area contributed by atoms with Crippen LogP contribution in [0.5, 0.6) is 5.75 Å². The molecule has 0 fully saturated rings. The number of amides is 2. The van der Waals surface area contributed by atoms with Crippen LogP contribution in [-0.4, -0.2) is 38.8 Å². The van der Waals surface area contributed by atoms with E-state index in [4.69, 9.17) is 9.47 Å². The van der Waals surface area contributed by atoms with Crippen LogP contribution >= 0.6 is 0 Å². The van der Waals surface area contributed by atoms with E-state index in [0.29, 0.717) is 18.9 Å². The lowest BCUT2D eigenvalue weighted by molar-refractivity contribution is -0.120. The lowest BCUT2D eigenvalue weighted by Gasteiger charge is -2.07. The van der Waals surface area contributed by atoms with Gasteiger partial charge in [0, 0.05) is 13.7 Å². The van der Waals surface area contributed by atoms with E-state index < -0.39 is 6.09 Å². The third kappa shape index (κ3) is 5.86. The van der Waals surface area contributed by atoms with E-state index in [-0.39, 0.29) is 12.5 Å². The minimum Gasteiger partial charge on any atom is -0.410 e. The summed E-state index contributed by atoms with van der Waals surface area (Å²) >= 11 is 0. The first-order valence-corrected chi connectivity index (χ1v) is 5.48. The van der Waals surface area contributed by atoms with Gasteiger partial charge in [-0.3, -0.25) is 4.79 Å². The first kappa shape index (κ1) is 14.0. The van der Waals surface area contributed by atoms with E-state index in [9.17, 15) is 9.59 Å². The number of nitrogens with one attached hydrogen (secondary N) is 2. The standard InChI is InChI=1S/C12H16N2O4/c1-17-8-7-13-11(15)9-14-12(16)18-10-5-3-2-4-6-10/h2-6H,7-9H2,1H3,(H,13,15)(H,14,16). The molecule has 0 aromatic heterocycles. The maximum absolute atomic E-state index is 11.3. The SMILES string of the molecule is COCCNC(=O)CNC(=O)Oc1ccccc1. The highest BCUT2D eigenvalue weighted by molar-refractivity contribution is 5.82. The molecular formula is C12H16N2O4. The van der Waals surface area contributed by atoms with Crippen LogP contribution in [0.25, 0.3) is 0 Å². The molecule has 0 aliphatic carbocycles. The highest BCUT2D eigenvalue weighted by atomic mass is 16.6. The summed E-state index contributed by atoms with van der Waals surface area (Å²) in [6.07, 6.45) is -0.664. The number of hydrogen-bond acceptors (Lipinski definition) is 4. The van der Waals surface area contributed by atoms with E-state index in [1.165, 1.54) is 0 Å². The van der Waals surface area contributed by atoms with Crippen LogP contribution in [0.1, 0.15) is 0 Å². The Labute approximate surface area is 105 Å². The highest BCUT2D eigenvalue weighted by Gasteiger charge is 2.06. The van der Waals surface area contributed by atoms with Crippen molar-refractivity contribution in [1.82, 2.24) is 10.6 Å². The summed E-state index contributed by atoms with van der Waals surface area (Å²) in [6, 6.07) is 8.62. The molecule has 98 valence electrons. The molecule has 0 saturated heterocycles. The minimum absolute atomic E-state index is 0.130. The highest BCUT2D eigenvalue weighted by Crippen LogP contribution is 2.07. The van der Waals surface area contributed by atoms with Crippen LogP contribution < -0.4 is 15.4 Å². The summed E-state index contributed by atoms with van der Waals surface area (Å²) in [5.74, 6) is 0.131. The van der Waals surface area contributed by atoms with Gasteiger partial charge in [0.2, 0.25) is 5.91 Å². The van der Waals surface area contributed by atoms with Crippen molar-refractivity contribution in [3.63, 3.8) is 0 Å². The molecule has 0 unspecified atom stereocenters. The Hall–Kier alpha value is -2.08. The van der Waals surface area contributed by atoms with Crippen molar-refractivity contribution in [2.45, 2.75) is 0 Å². The lowest BCUT2D eigenvalue weighted by atomic mass is 10.3. The third-order valence-electron chi connectivity index (χ3n) is 1.98. The Morgan fingerprint density at radius 1 is 1.17 bits per heavy atom. The van der Waals surface area contributed by atoms with E-state index in [2.05, 4.69) is 10.6 Å². The molecule has 0 atom stereocenters. The van der Waals surface area contributed by atoms with Gasteiger partial charge in [0.05, 0.1) is 6.61 Å². The van der Waals surface area contributed by atoms with E-state index in [0.717, 1.165) is 0 Å². The molecule has 0 spiro atoms. The normalized spacial score (nSPS) is 9.61. The second-order valence-corrected chi connectivity index (χ2v) is 3.40. The zero-order valence-corrected chi connectivity index (χ0v) is 10.1. The van der Waals surface area contributed by atoms with Crippen LogP contribution in [0.2, 0.25) is 0 Å². The zero-order chi connectivity index (χ0) is 13.2. The number of methoxy groups -OCH3 is 1. The molecular weight excluding hydrogens is 236 g/mol. The fraction of sp³-hybridized carbons (Fsp3) is 0.333. The van der Waals surface area contributed by atoms with E-state index >= 15 is 0 Å². The molecule has 2 N–H and O–H groups in total. The zero-order valence-electron chi connectivity index (χ0n) is 10.1. The van der Waals surface area contributed by atoms with Crippen LogP contribution in [0.3, 0.4) is 0 Å².